The zero-order valence-corrected chi connectivity index (χ0v) is 17.7. The molecule has 8 heteroatoms. The number of hydrogen-bond acceptors (Lipinski definition) is 6. The summed E-state index contributed by atoms with van der Waals surface area (Å²) < 4.78 is 10.8. The van der Waals surface area contributed by atoms with Gasteiger partial charge >= 0.3 is 0 Å². The number of rotatable bonds is 7. The predicted octanol–water partition coefficient (Wildman–Crippen LogP) is 3.59. The van der Waals surface area contributed by atoms with Gasteiger partial charge in [0.25, 0.3) is 11.7 Å². The molecule has 158 valence electrons. The van der Waals surface area contributed by atoms with E-state index in [1.54, 1.807) is 36.7 Å². The average molecular weight is 431 g/mol. The van der Waals surface area contributed by atoms with Gasteiger partial charge in [-0.05, 0) is 43.7 Å². The van der Waals surface area contributed by atoms with Crippen LogP contribution in [0.15, 0.2) is 48.3 Å². The van der Waals surface area contributed by atoms with Crippen LogP contribution in [-0.4, -0.2) is 53.0 Å². The van der Waals surface area contributed by atoms with Crippen LogP contribution >= 0.6 is 11.6 Å². The van der Waals surface area contributed by atoms with E-state index in [2.05, 4.69) is 4.98 Å². The third kappa shape index (κ3) is 4.32. The number of hydrogen-bond donors (Lipinski definition) is 1. The van der Waals surface area contributed by atoms with Gasteiger partial charge in [0.15, 0.2) is 0 Å². The maximum atomic E-state index is 12.9. The standard InChI is InChI=1S/C22H23ClN2O5/c1-13(2)30-10-9-25-19(14-5-4-8-24-12-14)18(21(27)22(25)28)20(26)16-11-15(29-3)6-7-17(16)23/h4-8,11-13,19,26H,9-10H2,1-3H3/b20-18+. The number of likely N-dealkylation sites (tertiary alicyclic amines) is 1. The molecule has 1 atom stereocenters. The lowest BCUT2D eigenvalue weighted by atomic mass is 9.96. The molecule has 1 saturated heterocycles. The van der Waals surface area contributed by atoms with E-state index >= 15 is 0 Å². The van der Waals surface area contributed by atoms with Crippen LogP contribution in [-0.2, 0) is 14.3 Å². The Kier molecular flexibility index (Phi) is 6.74. The number of amides is 1. The number of ketones is 1. The lowest BCUT2D eigenvalue weighted by Crippen LogP contribution is -2.33. The number of methoxy groups -OCH3 is 1. The van der Waals surface area contributed by atoms with Crippen molar-refractivity contribution in [1.82, 2.24) is 9.88 Å². The second-order valence-electron chi connectivity index (χ2n) is 7.04. The van der Waals surface area contributed by atoms with Gasteiger partial charge in [0.2, 0.25) is 0 Å². The molecule has 1 fully saturated rings. The fourth-order valence-electron chi connectivity index (χ4n) is 3.34. The largest absolute Gasteiger partial charge is 0.507 e. The average Bonchev–Trinajstić information content (AvgIpc) is 2.99. The molecule has 7 nitrogen and oxygen atoms in total. The summed E-state index contributed by atoms with van der Waals surface area (Å²) in [5, 5.41) is 11.3. The van der Waals surface area contributed by atoms with Crippen LogP contribution in [0.25, 0.3) is 5.76 Å². The number of pyridine rings is 1. The van der Waals surface area contributed by atoms with Gasteiger partial charge in [-0.2, -0.15) is 0 Å². The first-order chi connectivity index (χ1) is 14.3. The normalized spacial score (nSPS) is 18.3. The van der Waals surface area contributed by atoms with Crippen molar-refractivity contribution >= 4 is 29.1 Å². The Hall–Kier alpha value is -2.90. The quantitative estimate of drug-likeness (QED) is 0.410. The summed E-state index contributed by atoms with van der Waals surface area (Å²) in [7, 11) is 1.48. The molecule has 1 aromatic heterocycles. The van der Waals surface area contributed by atoms with Crippen molar-refractivity contribution in [1.29, 1.82) is 0 Å². The van der Waals surface area contributed by atoms with Gasteiger partial charge in [-0.15, -0.1) is 0 Å². The molecule has 3 rings (SSSR count). The van der Waals surface area contributed by atoms with Crippen molar-refractivity contribution in [3.63, 3.8) is 0 Å². The fourth-order valence-corrected chi connectivity index (χ4v) is 3.55. The van der Waals surface area contributed by atoms with Crippen molar-refractivity contribution in [2.75, 3.05) is 20.3 Å². The molecule has 1 aliphatic rings. The lowest BCUT2D eigenvalue weighted by molar-refractivity contribution is -0.140. The van der Waals surface area contributed by atoms with Crippen molar-refractivity contribution in [2.24, 2.45) is 0 Å². The number of halogens is 1. The summed E-state index contributed by atoms with van der Waals surface area (Å²) >= 11 is 6.27. The fraction of sp³-hybridized carbons (Fsp3) is 0.318. The van der Waals surface area contributed by atoms with E-state index in [0.717, 1.165) is 0 Å². The minimum atomic E-state index is -0.809. The van der Waals surface area contributed by atoms with Crippen molar-refractivity contribution in [3.05, 3.63) is 64.4 Å². The minimum absolute atomic E-state index is 0.0192. The Morgan fingerprint density at radius 2 is 2.07 bits per heavy atom. The van der Waals surface area contributed by atoms with E-state index in [4.69, 9.17) is 21.1 Å². The van der Waals surface area contributed by atoms with Crippen LogP contribution in [0.1, 0.15) is 31.0 Å². The first-order valence-corrected chi connectivity index (χ1v) is 9.86. The maximum absolute atomic E-state index is 12.9. The predicted molar refractivity (Wildman–Crippen MR) is 112 cm³/mol. The monoisotopic (exact) mass is 430 g/mol. The van der Waals surface area contributed by atoms with Crippen molar-refractivity contribution in [3.8, 4) is 5.75 Å². The number of carbonyl (C=O) groups excluding carboxylic acids is 2. The number of nitrogens with zero attached hydrogens (tertiary/aromatic N) is 2. The number of benzene rings is 1. The molecule has 0 spiro atoms. The number of aliphatic hydroxyl groups excluding tert-OH is 1. The van der Waals surface area contributed by atoms with Crippen LogP contribution in [0.4, 0.5) is 0 Å². The van der Waals surface area contributed by atoms with Gasteiger partial charge in [-0.1, -0.05) is 17.7 Å². The molecule has 1 N–H and O–H groups in total. The Labute approximate surface area is 179 Å². The van der Waals surface area contributed by atoms with Crippen molar-refractivity contribution in [2.45, 2.75) is 26.0 Å². The highest BCUT2D eigenvalue weighted by atomic mass is 35.5. The Bertz CT molecular complexity index is 975. The Balaban J connectivity index is 2.12. The van der Waals surface area contributed by atoms with Gasteiger partial charge in [-0.3, -0.25) is 14.6 Å². The highest BCUT2D eigenvalue weighted by Crippen LogP contribution is 2.40. The van der Waals surface area contributed by atoms with Gasteiger partial charge in [0, 0.05) is 24.5 Å². The van der Waals surface area contributed by atoms with E-state index in [-0.39, 0.29) is 41.2 Å². The molecule has 30 heavy (non-hydrogen) atoms. The second-order valence-corrected chi connectivity index (χ2v) is 7.45. The van der Waals surface area contributed by atoms with Gasteiger partial charge < -0.3 is 19.5 Å². The third-order valence-electron chi connectivity index (χ3n) is 4.75. The lowest BCUT2D eigenvalue weighted by Gasteiger charge is -2.25. The highest BCUT2D eigenvalue weighted by Gasteiger charge is 2.46. The molecule has 1 unspecified atom stereocenters. The van der Waals surface area contributed by atoms with E-state index < -0.39 is 17.7 Å². The summed E-state index contributed by atoms with van der Waals surface area (Å²) in [6.45, 7) is 4.21. The van der Waals surface area contributed by atoms with Crippen LogP contribution in [0.3, 0.4) is 0 Å². The summed E-state index contributed by atoms with van der Waals surface area (Å²) in [5.74, 6) is -1.40. The van der Waals surface area contributed by atoms with E-state index in [0.29, 0.717) is 11.3 Å². The van der Waals surface area contributed by atoms with Crippen LogP contribution in [0.5, 0.6) is 5.75 Å². The molecular formula is C22H23ClN2O5. The molecule has 0 radical (unpaired) electrons. The number of ether oxygens (including phenoxy) is 2. The summed E-state index contributed by atoms with van der Waals surface area (Å²) in [5.41, 5.74) is 0.760. The smallest absolute Gasteiger partial charge is 0.295 e. The topological polar surface area (TPSA) is 89.0 Å². The van der Waals surface area contributed by atoms with Gasteiger partial charge in [0.1, 0.15) is 11.5 Å². The van der Waals surface area contributed by atoms with E-state index in [9.17, 15) is 14.7 Å². The summed E-state index contributed by atoms with van der Waals surface area (Å²) in [6.07, 6.45) is 3.14. The second kappa shape index (κ2) is 9.28. The molecule has 0 aliphatic carbocycles. The molecule has 1 aromatic carbocycles. The zero-order chi connectivity index (χ0) is 21.8. The number of aliphatic hydroxyl groups is 1. The van der Waals surface area contributed by atoms with Crippen molar-refractivity contribution < 1.29 is 24.2 Å². The maximum Gasteiger partial charge on any atom is 0.295 e. The number of aromatic nitrogens is 1. The molecule has 2 aromatic rings. The molecule has 2 heterocycles. The Morgan fingerprint density at radius 1 is 1.30 bits per heavy atom. The van der Waals surface area contributed by atoms with Crippen LogP contribution in [0, 0.1) is 0 Å². The van der Waals surface area contributed by atoms with Crippen LogP contribution in [0.2, 0.25) is 5.02 Å². The molecule has 0 saturated carbocycles. The SMILES string of the molecule is COc1ccc(Cl)c(/C(O)=C2\C(=O)C(=O)N(CCOC(C)C)C2c2cccnc2)c1. The van der Waals surface area contributed by atoms with E-state index in [1.807, 2.05) is 13.8 Å². The van der Waals surface area contributed by atoms with Gasteiger partial charge in [0.05, 0.1) is 36.5 Å². The highest BCUT2D eigenvalue weighted by molar-refractivity contribution is 6.47. The molecule has 1 amide bonds. The first-order valence-electron chi connectivity index (χ1n) is 9.49. The number of carbonyl (C=O) groups is 2. The zero-order valence-electron chi connectivity index (χ0n) is 17.0. The Morgan fingerprint density at radius 3 is 2.70 bits per heavy atom. The first kappa shape index (κ1) is 21.8. The molecule has 1 aliphatic heterocycles. The summed E-state index contributed by atoms with van der Waals surface area (Å²) in [4.78, 5) is 31.2. The van der Waals surface area contributed by atoms with Gasteiger partial charge in [-0.25, -0.2) is 0 Å². The van der Waals surface area contributed by atoms with Crippen LogP contribution < -0.4 is 4.74 Å². The minimum Gasteiger partial charge on any atom is -0.507 e. The van der Waals surface area contributed by atoms with E-state index in [1.165, 1.54) is 18.1 Å². The number of Topliss-reactive ketones (excluding diaryl/α,β-unsaturated/α-hetero) is 1. The molecule has 0 bridgehead atoms. The summed E-state index contributed by atoms with van der Waals surface area (Å²) in [6, 6.07) is 7.36. The third-order valence-corrected chi connectivity index (χ3v) is 5.08. The molecular weight excluding hydrogens is 408 g/mol.